The number of benzene rings is 1. The van der Waals surface area contributed by atoms with Gasteiger partial charge in [-0.1, -0.05) is 11.6 Å². The Bertz CT molecular complexity index is 500. The van der Waals surface area contributed by atoms with Crippen molar-refractivity contribution in [2.45, 2.75) is 13.0 Å². The maximum Gasteiger partial charge on any atom is 0.250 e. The predicted octanol–water partition coefficient (Wildman–Crippen LogP) is 1.58. The molecule has 96 valence electrons. The first kappa shape index (κ1) is 12.9. The van der Waals surface area contributed by atoms with Gasteiger partial charge >= 0.3 is 0 Å². The zero-order valence-corrected chi connectivity index (χ0v) is 10.8. The molecule has 1 aliphatic heterocycles. The van der Waals surface area contributed by atoms with E-state index in [1.165, 1.54) is 0 Å². The third-order valence-electron chi connectivity index (χ3n) is 2.71. The number of hydrogen-bond donors (Lipinski definition) is 2. The molecule has 4 nitrogen and oxygen atoms in total. The lowest BCUT2D eigenvalue weighted by Gasteiger charge is -2.19. The maximum atomic E-state index is 11.9. The SMILES string of the molecule is C[C@@H](CN)NC(=O)C1=Cc2cc(Cl)ccc2OC1. The number of carbonyl (C=O) groups is 1. The highest BCUT2D eigenvalue weighted by Gasteiger charge is 2.18. The Kier molecular flexibility index (Phi) is 3.89. The van der Waals surface area contributed by atoms with Gasteiger partial charge in [-0.3, -0.25) is 4.79 Å². The Morgan fingerprint density at radius 1 is 1.61 bits per heavy atom. The molecule has 18 heavy (non-hydrogen) atoms. The van der Waals surface area contributed by atoms with Crippen molar-refractivity contribution in [2.75, 3.05) is 13.2 Å². The van der Waals surface area contributed by atoms with Crippen LogP contribution < -0.4 is 15.8 Å². The number of ether oxygens (including phenoxy) is 1. The van der Waals surface area contributed by atoms with E-state index in [-0.39, 0.29) is 18.6 Å². The first-order chi connectivity index (χ1) is 8.60. The zero-order valence-electron chi connectivity index (χ0n) is 10.1. The highest BCUT2D eigenvalue weighted by Crippen LogP contribution is 2.28. The van der Waals surface area contributed by atoms with Crippen LogP contribution in [0.1, 0.15) is 12.5 Å². The summed E-state index contributed by atoms with van der Waals surface area (Å²) in [5.41, 5.74) is 6.86. The number of halogens is 1. The summed E-state index contributed by atoms with van der Waals surface area (Å²) in [6.45, 7) is 2.52. The molecule has 1 aliphatic rings. The molecule has 2 rings (SSSR count). The average molecular weight is 267 g/mol. The van der Waals surface area contributed by atoms with Crippen LogP contribution in [0.5, 0.6) is 5.75 Å². The number of hydrogen-bond acceptors (Lipinski definition) is 3. The van der Waals surface area contributed by atoms with E-state index in [1.807, 2.05) is 6.92 Å². The van der Waals surface area contributed by atoms with Crippen LogP contribution >= 0.6 is 11.6 Å². The van der Waals surface area contributed by atoms with Crippen molar-refractivity contribution in [2.24, 2.45) is 5.73 Å². The van der Waals surface area contributed by atoms with Crippen molar-refractivity contribution in [1.82, 2.24) is 5.32 Å². The third kappa shape index (κ3) is 2.83. The number of carbonyl (C=O) groups excluding carboxylic acids is 1. The lowest BCUT2D eigenvalue weighted by atomic mass is 10.1. The number of fused-ring (bicyclic) bond motifs is 1. The Morgan fingerprint density at radius 2 is 2.39 bits per heavy atom. The van der Waals surface area contributed by atoms with E-state index in [9.17, 15) is 4.79 Å². The van der Waals surface area contributed by atoms with Crippen molar-refractivity contribution in [3.05, 3.63) is 34.4 Å². The second kappa shape index (κ2) is 5.42. The highest BCUT2D eigenvalue weighted by molar-refractivity contribution is 6.30. The lowest BCUT2D eigenvalue weighted by Crippen LogP contribution is -2.39. The first-order valence-corrected chi connectivity index (χ1v) is 6.12. The predicted molar refractivity (Wildman–Crippen MR) is 71.6 cm³/mol. The molecule has 1 atom stereocenters. The van der Waals surface area contributed by atoms with Crippen LogP contribution in [0.4, 0.5) is 0 Å². The maximum absolute atomic E-state index is 11.9. The number of amides is 1. The van der Waals surface area contributed by atoms with Crippen LogP contribution in [0.2, 0.25) is 5.02 Å². The quantitative estimate of drug-likeness (QED) is 0.873. The summed E-state index contributed by atoms with van der Waals surface area (Å²) in [6, 6.07) is 5.27. The standard InChI is InChI=1S/C13H15ClN2O2/c1-8(6-15)16-13(17)10-4-9-5-11(14)2-3-12(9)18-7-10/h2-5,8H,6-7,15H2,1H3,(H,16,17)/t8-/m0/s1. The summed E-state index contributed by atoms with van der Waals surface area (Å²) in [5.74, 6) is 0.585. The molecule has 0 spiro atoms. The van der Waals surface area contributed by atoms with Crippen LogP contribution in [-0.4, -0.2) is 25.1 Å². The molecule has 0 radical (unpaired) electrons. The molecule has 1 amide bonds. The molecule has 1 aromatic rings. The van der Waals surface area contributed by atoms with E-state index in [2.05, 4.69) is 5.32 Å². The van der Waals surface area contributed by atoms with Gasteiger partial charge in [-0.25, -0.2) is 0 Å². The molecule has 3 N–H and O–H groups in total. The fraction of sp³-hybridized carbons (Fsp3) is 0.308. The largest absolute Gasteiger partial charge is 0.488 e. The summed E-state index contributed by atoms with van der Waals surface area (Å²) in [6.07, 6.45) is 1.79. The third-order valence-corrected chi connectivity index (χ3v) is 2.94. The normalized spacial score (nSPS) is 15.2. The smallest absolute Gasteiger partial charge is 0.250 e. The minimum atomic E-state index is -0.154. The Labute approximate surface area is 111 Å². The second-order valence-electron chi connectivity index (χ2n) is 4.25. The van der Waals surface area contributed by atoms with Gasteiger partial charge in [0.05, 0.1) is 5.57 Å². The van der Waals surface area contributed by atoms with Crippen molar-refractivity contribution >= 4 is 23.6 Å². The van der Waals surface area contributed by atoms with Gasteiger partial charge in [0.25, 0.3) is 5.91 Å². The molecule has 1 heterocycles. The summed E-state index contributed by atoms with van der Waals surface area (Å²) >= 11 is 5.91. The minimum absolute atomic E-state index is 0.0563. The van der Waals surface area contributed by atoms with Crippen LogP contribution in [0.25, 0.3) is 6.08 Å². The fourth-order valence-electron chi connectivity index (χ4n) is 1.65. The van der Waals surface area contributed by atoms with Gasteiger partial charge in [-0.2, -0.15) is 0 Å². The van der Waals surface area contributed by atoms with E-state index in [1.54, 1.807) is 24.3 Å². The van der Waals surface area contributed by atoms with Gasteiger partial charge in [-0.05, 0) is 31.2 Å². The van der Waals surface area contributed by atoms with Crippen molar-refractivity contribution in [1.29, 1.82) is 0 Å². The molecule has 0 saturated carbocycles. The monoisotopic (exact) mass is 266 g/mol. The van der Waals surface area contributed by atoms with Crippen molar-refractivity contribution in [3.8, 4) is 5.75 Å². The number of nitrogens with one attached hydrogen (secondary N) is 1. The summed E-state index contributed by atoms with van der Waals surface area (Å²) in [5, 5.41) is 3.42. The van der Waals surface area contributed by atoms with Crippen LogP contribution in [0.15, 0.2) is 23.8 Å². The lowest BCUT2D eigenvalue weighted by molar-refractivity contribution is -0.118. The molecule has 1 aromatic carbocycles. The summed E-state index contributed by atoms with van der Waals surface area (Å²) in [4.78, 5) is 11.9. The van der Waals surface area contributed by atoms with Crippen LogP contribution in [0, 0.1) is 0 Å². The second-order valence-corrected chi connectivity index (χ2v) is 4.69. The Hall–Kier alpha value is -1.52. The van der Waals surface area contributed by atoms with Gasteiger partial charge in [-0.15, -0.1) is 0 Å². The van der Waals surface area contributed by atoms with Crippen molar-refractivity contribution in [3.63, 3.8) is 0 Å². The molecule has 0 fully saturated rings. The molecule has 5 heteroatoms. The highest BCUT2D eigenvalue weighted by atomic mass is 35.5. The van der Waals surface area contributed by atoms with E-state index in [4.69, 9.17) is 22.1 Å². The van der Waals surface area contributed by atoms with E-state index in [0.717, 1.165) is 11.3 Å². The van der Waals surface area contributed by atoms with E-state index < -0.39 is 0 Å². The van der Waals surface area contributed by atoms with E-state index in [0.29, 0.717) is 17.1 Å². The Balaban J connectivity index is 2.19. The van der Waals surface area contributed by atoms with Gasteiger partial charge in [0.2, 0.25) is 0 Å². The molecular formula is C13H15ClN2O2. The molecule has 0 saturated heterocycles. The fourth-order valence-corrected chi connectivity index (χ4v) is 1.84. The van der Waals surface area contributed by atoms with E-state index >= 15 is 0 Å². The number of rotatable bonds is 3. The topological polar surface area (TPSA) is 64.3 Å². The average Bonchev–Trinajstić information content (AvgIpc) is 2.37. The van der Waals surface area contributed by atoms with Gasteiger partial charge in [0, 0.05) is 23.2 Å². The van der Waals surface area contributed by atoms with Crippen LogP contribution in [0.3, 0.4) is 0 Å². The van der Waals surface area contributed by atoms with Gasteiger partial charge < -0.3 is 15.8 Å². The van der Waals surface area contributed by atoms with Crippen molar-refractivity contribution < 1.29 is 9.53 Å². The summed E-state index contributed by atoms with van der Waals surface area (Å²) in [7, 11) is 0. The molecular weight excluding hydrogens is 252 g/mol. The van der Waals surface area contributed by atoms with Gasteiger partial charge in [0.1, 0.15) is 12.4 Å². The molecule has 0 unspecified atom stereocenters. The number of nitrogens with two attached hydrogens (primary N) is 1. The zero-order chi connectivity index (χ0) is 13.1. The van der Waals surface area contributed by atoms with Gasteiger partial charge in [0.15, 0.2) is 0 Å². The Morgan fingerprint density at radius 3 is 3.11 bits per heavy atom. The molecule has 0 bridgehead atoms. The molecule has 0 aliphatic carbocycles. The first-order valence-electron chi connectivity index (χ1n) is 5.74. The van der Waals surface area contributed by atoms with Crippen LogP contribution in [-0.2, 0) is 4.79 Å². The molecule has 0 aromatic heterocycles. The minimum Gasteiger partial charge on any atom is -0.488 e. The summed E-state index contributed by atoms with van der Waals surface area (Å²) < 4.78 is 5.51.